The van der Waals surface area contributed by atoms with Gasteiger partial charge in [-0.3, -0.25) is 0 Å². The van der Waals surface area contributed by atoms with Crippen LogP contribution in [0.25, 0.3) is 0 Å². The largest absolute Gasteiger partial charge is 0.506 e. The molecule has 0 bridgehead atoms. The number of hydrogen-bond acceptors (Lipinski definition) is 3. The molecule has 3 aliphatic rings. The molecular weight excluding hydrogens is 296 g/mol. The summed E-state index contributed by atoms with van der Waals surface area (Å²) in [5, 5.41) is 0.897. The van der Waals surface area contributed by atoms with Crippen molar-refractivity contribution in [3.63, 3.8) is 0 Å². The quantitative estimate of drug-likeness (QED) is 0.746. The Kier molecular flexibility index (Phi) is 3.18. The molecule has 1 aromatic carbocycles. The van der Waals surface area contributed by atoms with Gasteiger partial charge in [0.15, 0.2) is 11.0 Å². The number of thioether (sulfide) groups is 1. The molecule has 2 heterocycles. The normalized spacial score (nSPS) is 24.8. The van der Waals surface area contributed by atoms with Crippen LogP contribution < -0.4 is 4.90 Å². The maximum absolute atomic E-state index is 13.0. The smallest absolute Gasteiger partial charge is 0.245 e. The summed E-state index contributed by atoms with van der Waals surface area (Å²) in [6, 6.07) is 8.96. The molecule has 4 rings (SSSR count). The third kappa shape index (κ3) is 1.88. The number of allylic oxidation sites excluding steroid dienone is 1. The minimum atomic E-state index is -0.255. The van der Waals surface area contributed by atoms with Crippen molar-refractivity contribution in [2.24, 2.45) is 5.92 Å². The predicted molar refractivity (Wildman–Crippen MR) is 87.1 cm³/mol. The molecule has 1 aromatic rings. The number of fused-ring (bicyclic) bond motifs is 2. The molecule has 1 aliphatic carbocycles. The Hall–Kier alpha value is -1.88. The number of benzene rings is 1. The summed E-state index contributed by atoms with van der Waals surface area (Å²) < 4.78 is 1.65. The molecule has 3 amide bonds. The first-order valence-electron chi connectivity index (χ1n) is 7.62. The summed E-state index contributed by atoms with van der Waals surface area (Å²) in [5.41, 5.74) is 1.90. The fourth-order valence-electron chi connectivity index (χ4n) is 3.46. The SMILES string of the molecule is C[N+]1=C2SC3=C(CCCC3)C2C(=O)N(c2ccccc2)C1=O. The summed E-state index contributed by atoms with van der Waals surface area (Å²) in [6.07, 6.45) is 4.34. The van der Waals surface area contributed by atoms with Crippen LogP contribution in [0.1, 0.15) is 25.7 Å². The number of amides is 3. The molecule has 5 heteroatoms. The first-order chi connectivity index (χ1) is 10.7. The van der Waals surface area contributed by atoms with E-state index in [1.54, 1.807) is 23.4 Å². The minimum Gasteiger partial charge on any atom is -0.245 e. The van der Waals surface area contributed by atoms with E-state index in [9.17, 15) is 9.59 Å². The van der Waals surface area contributed by atoms with E-state index >= 15 is 0 Å². The van der Waals surface area contributed by atoms with E-state index in [0.29, 0.717) is 5.69 Å². The molecule has 112 valence electrons. The van der Waals surface area contributed by atoms with Crippen LogP contribution in [-0.2, 0) is 4.79 Å². The van der Waals surface area contributed by atoms with Crippen LogP contribution in [0.3, 0.4) is 0 Å². The van der Waals surface area contributed by atoms with Crippen molar-refractivity contribution >= 4 is 34.4 Å². The number of nitrogens with zero attached hydrogens (tertiary/aromatic N) is 2. The zero-order chi connectivity index (χ0) is 15.3. The zero-order valence-corrected chi connectivity index (χ0v) is 13.2. The van der Waals surface area contributed by atoms with Gasteiger partial charge in [-0.05, 0) is 48.3 Å². The summed E-state index contributed by atoms with van der Waals surface area (Å²) in [6.45, 7) is 0. The Bertz CT molecular complexity index is 736. The van der Waals surface area contributed by atoms with Crippen LogP contribution in [0.4, 0.5) is 10.5 Å². The van der Waals surface area contributed by atoms with E-state index in [-0.39, 0.29) is 17.9 Å². The maximum Gasteiger partial charge on any atom is 0.506 e. The lowest BCUT2D eigenvalue weighted by Gasteiger charge is -2.24. The predicted octanol–water partition coefficient (Wildman–Crippen LogP) is 3.39. The second-order valence-corrected chi connectivity index (χ2v) is 6.99. The number of anilines is 1. The number of urea groups is 1. The van der Waals surface area contributed by atoms with Crippen LogP contribution in [0.15, 0.2) is 40.8 Å². The van der Waals surface area contributed by atoms with Gasteiger partial charge >= 0.3 is 11.9 Å². The number of hydrogen-bond donors (Lipinski definition) is 0. The molecular formula is C17H17N2O2S+. The van der Waals surface area contributed by atoms with Crippen molar-refractivity contribution in [2.75, 3.05) is 11.9 Å². The number of para-hydroxylation sites is 1. The average molecular weight is 313 g/mol. The van der Waals surface area contributed by atoms with Crippen molar-refractivity contribution in [1.29, 1.82) is 0 Å². The van der Waals surface area contributed by atoms with Gasteiger partial charge in [0.25, 0.3) is 0 Å². The number of carbonyl (C=O) groups is 2. The van der Waals surface area contributed by atoms with E-state index in [0.717, 1.165) is 24.3 Å². The van der Waals surface area contributed by atoms with E-state index in [4.69, 9.17) is 0 Å². The highest BCUT2D eigenvalue weighted by Crippen LogP contribution is 2.47. The van der Waals surface area contributed by atoms with Gasteiger partial charge in [0.05, 0.1) is 7.05 Å². The highest BCUT2D eigenvalue weighted by atomic mass is 32.2. The Balaban J connectivity index is 1.82. The standard InChI is InChI=1S/C17H17N2O2S/c1-18-16-14(12-9-5-6-10-13(12)22-16)15(20)19(17(18)21)11-7-3-2-4-8-11/h2-4,7-8,14H,5-6,9-10H2,1H3/q+1. The monoisotopic (exact) mass is 313 g/mol. The van der Waals surface area contributed by atoms with Crippen LogP contribution in [-0.4, -0.2) is 28.6 Å². The van der Waals surface area contributed by atoms with Crippen LogP contribution >= 0.6 is 11.8 Å². The number of carbonyl (C=O) groups excluding carboxylic acids is 2. The van der Waals surface area contributed by atoms with E-state index < -0.39 is 0 Å². The molecule has 1 unspecified atom stereocenters. The number of rotatable bonds is 1. The molecule has 0 fully saturated rings. The van der Waals surface area contributed by atoms with E-state index in [1.165, 1.54) is 21.8 Å². The molecule has 0 spiro atoms. The summed E-state index contributed by atoms with van der Waals surface area (Å²) in [5.74, 6) is -0.341. The Morgan fingerprint density at radius 1 is 1.14 bits per heavy atom. The summed E-state index contributed by atoms with van der Waals surface area (Å²) in [4.78, 5) is 28.3. The molecule has 2 aliphatic heterocycles. The highest BCUT2D eigenvalue weighted by molar-refractivity contribution is 8.17. The highest BCUT2D eigenvalue weighted by Gasteiger charge is 2.53. The first kappa shape index (κ1) is 13.8. The third-order valence-electron chi connectivity index (χ3n) is 4.57. The molecule has 0 aromatic heterocycles. The molecule has 0 radical (unpaired) electrons. The molecule has 4 nitrogen and oxygen atoms in total. The molecule has 1 atom stereocenters. The molecule has 0 N–H and O–H groups in total. The molecule has 22 heavy (non-hydrogen) atoms. The lowest BCUT2D eigenvalue weighted by Crippen LogP contribution is -2.52. The van der Waals surface area contributed by atoms with Crippen molar-refractivity contribution in [2.45, 2.75) is 25.7 Å². The van der Waals surface area contributed by atoms with Gasteiger partial charge in [0.1, 0.15) is 5.69 Å². The van der Waals surface area contributed by atoms with Crippen LogP contribution in [0.5, 0.6) is 0 Å². The molecule has 0 saturated carbocycles. The van der Waals surface area contributed by atoms with Gasteiger partial charge in [0.2, 0.25) is 0 Å². The van der Waals surface area contributed by atoms with Gasteiger partial charge in [-0.1, -0.05) is 30.0 Å². The maximum atomic E-state index is 13.0. The van der Waals surface area contributed by atoms with Crippen molar-refractivity contribution < 1.29 is 14.2 Å². The lowest BCUT2D eigenvalue weighted by molar-refractivity contribution is -0.391. The van der Waals surface area contributed by atoms with Gasteiger partial charge in [-0.15, -0.1) is 4.90 Å². The van der Waals surface area contributed by atoms with Crippen LogP contribution in [0.2, 0.25) is 0 Å². The van der Waals surface area contributed by atoms with E-state index in [2.05, 4.69) is 0 Å². The second kappa shape index (κ2) is 5.09. The summed E-state index contributed by atoms with van der Waals surface area (Å²) in [7, 11) is 1.78. The fraction of sp³-hybridized carbons (Fsp3) is 0.353. The Morgan fingerprint density at radius 3 is 2.64 bits per heavy atom. The average Bonchev–Trinajstić information content (AvgIpc) is 2.94. The topological polar surface area (TPSA) is 40.4 Å². The van der Waals surface area contributed by atoms with Gasteiger partial charge in [0, 0.05) is 0 Å². The van der Waals surface area contributed by atoms with Gasteiger partial charge < -0.3 is 0 Å². The Morgan fingerprint density at radius 2 is 1.86 bits per heavy atom. The first-order valence-corrected chi connectivity index (χ1v) is 8.43. The van der Waals surface area contributed by atoms with Crippen molar-refractivity contribution in [3.8, 4) is 0 Å². The summed E-state index contributed by atoms with van der Waals surface area (Å²) >= 11 is 1.65. The Labute approximate surface area is 133 Å². The van der Waals surface area contributed by atoms with Crippen molar-refractivity contribution in [3.05, 3.63) is 40.8 Å². The van der Waals surface area contributed by atoms with Crippen LogP contribution in [0, 0.1) is 5.92 Å². The van der Waals surface area contributed by atoms with Gasteiger partial charge in [-0.2, -0.15) is 9.37 Å². The lowest BCUT2D eigenvalue weighted by atomic mass is 9.88. The minimum absolute atomic E-state index is 0.0938. The van der Waals surface area contributed by atoms with E-state index in [1.807, 2.05) is 30.3 Å². The van der Waals surface area contributed by atoms with Crippen molar-refractivity contribution in [1.82, 2.24) is 0 Å². The third-order valence-corrected chi connectivity index (χ3v) is 6.00. The fourth-order valence-corrected chi connectivity index (χ4v) is 4.88. The zero-order valence-electron chi connectivity index (χ0n) is 12.4. The second-order valence-electron chi connectivity index (χ2n) is 5.88. The van der Waals surface area contributed by atoms with Gasteiger partial charge in [-0.25, -0.2) is 4.79 Å². The number of imide groups is 1. The molecule has 0 saturated heterocycles.